The molecule has 0 aliphatic heterocycles. The van der Waals surface area contributed by atoms with Crippen molar-refractivity contribution in [3.63, 3.8) is 0 Å². The quantitative estimate of drug-likeness (QED) is 0.676. The topological polar surface area (TPSA) is 103 Å². The van der Waals surface area contributed by atoms with E-state index >= 15 is 0 Å². The van der Waals surface area contributed by atoms with Gasteiger partial charge >= 0.3 is 0 Å². The highest BCUT2D eigenvalue weighted by molar-refractivity contribution is 5.95. The van der Waals surface area contributed by atoms with Gasteiger partial charge < -0.3 is 19.1 Å². The highest BCUT2D eigenvalue weighted by atomic mass is 16.5. The molecule has 4 rings (SSSR count). The molecular formula is C21H24N4O4. The first-order valence-corrected chi connectivity index (χ1v) is 9.75. The molecule has 0 unspecified atom stereocenters. The molecule has 1 N–H and O–H groups in total. The third kappa shape index (κ3) is 3.87. The molecule has 152 valence electrons. The highest BCUT2D eigenvalue weighted by Crippen LogP contribution is 2.37. The number of aromatic nitrogens is 3. The van der Waals surface area contributed by atoms with E-state index in [1.165, 1.54) is 0 Å². The van der Waals surface area contributed by atoms with Crippen molar-refractivity contribution in [2.75, 3.05) is 0 Å². The van der Waals surface area contributed by atoms with E-state index in [1.807, 2.05) is 19.9 Å². The molecule has 1 fully saturated rings. The molecule has 8 heteroatoms. The van der Waals surface area contributed by atoms with Gasteiger partial charge in [-0.3, -0.25) is 4.79 Å². The predicted molar refractivity (Wildman–Crippen MR) is 103 cm³/mol. The second-order valence-corrected chi connectivity index (χ2v) is 7.50. The summed E-state index contributed by atoms with van der Waals surface area (Å²) >= 11 is 0. The Morgan fingerprint density at radius 3 is 2.62 bits per heavy atom. The van der Waals surface area contributed by atoms with Gasteiger partial charge in [0.25, 0.3) is 5.91 Å². The van der Waals surface area contributed by atoms with Crippen LogP contribution in [0.15, 0.2) is 33.3 Å². The molecule has 3 aromatic rings. The van der Waals surface area contributed by atoms with Crippen molar-refractivity contribution < 1.29 is 18.6 Å². The summed E-state index contributed by atoms with van der Waals surface area (Å²) in [5, 5.41) is 11.1. The fourth-order valence-electron chi connectivity index (χ4n) is 3.76. The maximum atomic E-state index is 13.0. The standard InChI is InChI=1S/C21H24N4O4/c1-13-18(14(2)28-24-13)12-27-17-8-6-7-16(11-17)19(26)23-21(9-4-5-10-21)20-22-15(3)29-25-20/h6-8,11H,4-5,9-10,12H2,1-3H3,(H,23,26). The van der Waals surface area contributed by atoms with Crippen molar-refractivity contribution in [1.82, 2.24) is 20.6 Å². The van der Waals surface area contributed by atoms with E-state index in [1.54, 1.807) is 25.1 Å². The maximum absolute atomic E-state index is 13.0. The molecule has 1 aliphatic carbocycles. The molecular weight excluding hydrogens is 372 g/mol. The fraction of sp³-hybridized carbons (Fsp3) is 0.429. The predicted octanol–water partition coefficient (Wildman–Crippen LogP) is 3.76. The normalized spacial score (nSPS) is 15.4. The molecule has 8 nitrogen and oxygen atoms in total. The summed E-state index contributed by atoms with van der Waals surface area (Å²) < 4.78 is 16.2. The molecule has 1 aliphatic rings. The van der Waals surface area contributed by atoms with Gasteiger partial charge in [0.1, 0.15) is 23.7 Å². The van der Waals surface area contributed by atoms with Crippen LogP contribution in [0, 0.1) is 20.8 Å². The van der Waals surface area contributed by atoms with Crippen LogP contribution in [-0.4, -0.2) is 21.2 Å². The minimum absolute atomic E-state index is 0.183. The number of nitrogens with one attached hydrogen (secondary N) is 1. The lowest BCUT2D eigenvalue weighted by Gasteiger charge is -2.26. The third-order valence-electron chi connectivity index (χ3n) is 5.43. The zero-order valence-electron chi connectivity index (χ0n) is 16.8. The minimum atomic E-state index is -0.581. The van der Waals surface area contributed by atoms with Gasteiger partial charge in [0.15, 0.2) is 5.82 Å². The molecule has 0 saturated heterocycles. The molecule has 0 spiro atoms. The number of carbonyl (C=O) groups is 1. The fourth-order valence-corrected chi connectivity index (χ4v) is 3.76. The number of amides is 1. The van der Waals surface area contributed by atoms with Crippen molar-refractivity contribution in [1.29, 1.82) is 0 Å². The summed E-state index contributed by atoms with van der Waals surface area (Å²) in [7, 11) is 0. The summed E-state index contributed by atoms with van der Waals surface area (Å²) in [6, 6.07) is 7.13. The van der Waals surface area contributed by atoms with Crippen LogP contribution in [0.5, 0.6) is 5.75 Å². The van der Waals surface area contributed by atoms with Gasteiger partial charge in [-0.1, -0.05) is 29.2 Å². The first kappa shape index (κ1) is 19.2. The molecule has 1 saturated carbocycles. The smallest absolute Gasteiger partial charge is 0.252 e. The molecule has 29 heavy (non-hydrogen) atoms. The molecule has 2 heterocycles. The maximum Gasteiger partial charge on any atom is 0.252 e. The van der Waals surface area contributed by atoms with Crippen LogP contribution in [0.25, 0.3) is 0 Å². The van der Waals surface area contributed by atoms with Crippen LogP contribution in [0.4, 0.5) is 0 Å². The number of rotatable bonds is 6. The Bertz CT molecular complexity index is 998. The summed E-state index contributed by atoms with van der Waals surface area (Å²) in [5.74, 6) is 2.20. The molecule has 2 aromatic heterocycles. The lowest BCUT2D eigenvalue weighted by Crippen LogP contribution is -2.44. The minimum Gasteiger partial charge on any atom is -0.489 e. The number of hydrogen-bond acceptors (Lipinski definition) is 7. The Morgan fingerprint density at radius 1 is 1.17 bits per heavy atom. The van der Waals surface area contributed by atoms with Gasteiger partial charge in [-0.05, 0) is 44.9 Å². The first-order chi connectivity index (χ1) is 14.0. The highest BCUT2D eigenvalue weighted by Gasteiger charge is 2.41. The second-order valence-electron chi connectivity index (χ2n) is 7.50. The van der Waals surface area contributed by atoms with Crippen LogP contribution in [-0.2, 0) is 12.1 Å². The van der Waals surface area contributed by atoms with Crippen LogP contribution >= 0.6 is 0 Å². The Labute approximate surface area is 168 Å². The molecule has 1 aromatic carbocycles. The molecule has 0 radical (unpaired) electrons. The number of aryl methyl sites for hydroxylation is 3. The van der Waals surface area contributed by atoms with E-state index in [9.17, 15) is 4.79 Å². The summed E-state index contributed by atoms with van der Waals surface area (Å²) in [6.45, 7) is 5.81. The zero-order valence-corrected chi connectivity index (χ0v) is 16.8. The lowest BCUT2D eigenvalue weighted by atomic mass is 9.96. The third-order valence-corrected chi connectivity index (χ3v) is 5.43. The van der Waals surface area contributed by atoms with Crippen molar-refractivity contribution in [2.24, 2.45) is 0 Å². The van der Waals surface area contributed by atoms with Crippen molar-refractivity contribution in [2.45, 2.75) is 58.6 Å². The Hall–Kier alpha value is -3.16. The molecule has 1 amide bonds. The summed E-state index contributed by atoms with van der Waals surface area (Å²) in [4.78, 5) is 17.4. The zero-order chi connectivity index (χ0) is 20.4. The van der Waals surface area contributed by atoms with E-state index in [0.29, 0.717) is 29.6 Å². The van der Waals surface area contributed by atoms with Gasteiger partial charge in [-0.15, -0.1) is 0 Å². The molecule has 0 bridgehead atoms. The number of nitrogens with zero attached hydrogens (tertiary/aromatic N) is 3. The van der Waals surface area contributed by atoms with E-state index in [4.69, 9.17) is 13.8 Å². The Balaban J connectivity index is 1.49. The average Bonchev–Trinajstić information content (AvgIpc) is 3.43. The van der Waals surface area contributed by atoms with Gasteiger partial charge in [-0.2, -0.15) is 4.98 Å². The number of hydrogen-bond donors (Lipinski definition) is 1. The van der Waals surface area contributed by atoms with Crippen LogP contribution in [0.1, 0.15) is 64.8 Å². The van der Waals surface area contributed by atoms with Crippen molar-refractivity contribution >= 4 is 5.91 Å². The molecule has 0 atom stereocenters. The first-order valence-electron chi connectivity index (χ1n) is 9.75. The van der Waals surface area contributed by atoms with Gasteiger partial charge in [0, 0.05) is 12.5 Å². The van der Waals surface area contributed by atoms with Gasteiger partial charge in [-0.25, -0.2) is 0 Å². The SMILES string of the molecule is Cc1nc(C2(NC(=O)c3cccc(OCc4c(C)noc4C)c3)CCCC2)no1. The Morgan fingerprint density at radius 2 is 1.97 bits per heavy atom. The van der Waals surface area contributed by atoms with E-state index in [2.05, 4.69) is 20.6 Å². The van der Waals surface area contributed by atoms with E-state index < -0.39 is 5.54 Å². The monoisotopic (exact) mass is 396 g/mol. The number of carbonyl (C=O) groups excluding carboxylic acids is 1. The van der Waals surface area contributed by atoms with Crippen LogP contribution < -0.4 is 10.1 Å². The summed E-state index contributed by atoms with van der Waals surface area (Å²) in [5.41, 5.74) is 1.66. The average molecular weight is 396 g/mol. The largest absolute Gasteiger partial charge is 0.489 e. The van der Waals surface area contributed by atoms with Gasteiger partial charge in [0.2, 0.25) is 5.89 Å². The lowest BCUT2D eigenvalue weighted by molar-refractivity contribution is 0.0891. The van der Waals surface area contributed by atoms with Gasteiger partial charge in [0.05, 0.1) is 11.3 Å². The van der Waals surface area contributed by atoms with Crippen LogP contribution in [0.3, 0.4) is 0 Å². The summed E-state index contributed by atoms with van der Waals surface area (Å²) in [6.07, 6.45) is 3.60. The number of benzene rings is 1. The van der Waals surface area contributed by atoms with Crippen LogP contribution in [0.2, 0.25) is 0 Å². The van der Waals surface area contributed by atoms with Crippen molar-refractivity contribution in [3.8, 4) is 5.75 Å². The van der Waals surface area contributed by atoms with E-state index in [0.717, 1.165) is 42.7 Å². The van der Waals surface area contributed by atoms with E-state index in [-0.39, 0.29) is 5.91 Å². The Kier molecular flexibility index (Phi) is 5.08. The second kappa shape index (κ2) is 7.69. The van der Waals surface area contributed by atoms with Crippen molar-refractivity contribution in [3.05, 3.63) is 58.6 Å². The number of ether oxygens (including phenoxy) is 1.